The number of hydrogen-bond acceptors (Lipinski definition) is 5. The highest BCUT2D eigenvalue weighted by Crippen LogP contribution is 2.37. The summed E-state index contributed by atoms with van der Waals surface area (Å²) >= 11 is 12.3. The second-order valence-electron chi connectivity index (χ2n) is 7.87. The molecule has 0 radical (unpaired) electrons. The summed E-state index contributed by atoms with van der Waals surface area (Å²) in [7, 11) is 2.14. The quantitative estimate of drug-likeness (QED) is 0.514. The van der Waals surface area contributed by atoms with Crippen LogP contribution in [0.5, 0.6) is 5.75 Å². The number of likely N-dealkylation sites (tertiary alicyclic amines) is 1. The summed E-state index contributed by atoms with van der Waals surface area (Å²) in [6.07, 6.45) is 7.04. The first-order valence-electron chi connectivity index (χ1n) is 10.1. The van der Waals surface area contributed by atoms with Gasteiger partial charge in [0, 0.05) is 34.1 Å². The minimum atomic E-state index is -0.628. The van der Waals surface area contributed by atoms with Gasteiger partial charge in [0.25, 0.3) is 0 Å². The standard InChI is InChI=1S/C22H24Cl2FN5O/c1-13(20-17(23)3-4-18(25)21(20)24)31-19-9-14(10-27-22(19)26)15-11-28-30(12-15)16-5-7-29(2)8-6-16/h3-4,9-13,16H,5-8H2,1-2H3,(H2,26,27)/t13-/m1/s1. The van der Waals surface area contributed by atoms with Gasteiger partial charge in [-0.05, 0) is 58.1 Å². The zero-order chi connectivity index (χ0) is 22.1. The van der Waals surface area contributed by atoms with Crippen molar-refractivity contribution in [3.8, 4) is 16.9 Å². The maximum absolute atomic E-state index is 13.9. The van der Waals surface area contributed by atoms with Gasteiger partial charge in [-0.1, -0.05) is 23.2 Å². The van der Waals surface area contributed by atoms with Crippen molar-refractivity contribution in [2.45, 2.75) is 31.9 Å². The third-order valence-electron chi connectivity index (χ3n) is 5.67. The van der Waals surface area contributed by atoms with Crippen molar-refractivity contribution in [3.63, 3.8) is 0 Å². The molecule has 0 spiro atoms. The molecule has 1 fully saturated rings. The van der Waals surface area contributed by atoms with E-state index >= 15 is 0 Å². The monoisotopic (exact) mass is 463 g/mol. The maximum Gasteiger partial charge on any atom is 0.166 e. The molecule has 164 valence electrons. The van der Waals surface area contributed by atoms with Crippen LogP contribution in [0.2, 0.25) is 10.0 Å². The zero-order valence-corrected chi connectivity index (χ0v) is 18.9. The minimum Gasteiger partial charge on any atom is -0.482 e. The Morgan fingerprint density at radius 1 is 1.19 bits per heavy atom. The predicted octanol–water partition coefficient (Wildman–Crippen LogP) is 5.38. The lowest BCUT2D eigenvalue weighted by atomic mass is 10.1. The lowest BCUT2D eigenvalue weighted by Crippen LogP contribution is -2.31. The zero-order valence-electron chi connectivity index (χ0n) is 17.4. The van der Waals surface area contributed by atoms with Gasteiger partial charge in [0.05, 0.1) is 17.3 Å². The van der Waals surface area contributed by atoms with E-state index in [0.29, 0.717) is 22.4 Å². The highest BCUT2D eigenvalue weighted by molar-refractivity contribution is 6.36. The average Bonchev–Trinajstić information content (AvgIpc) is 3.23. The van der Waals surface area contributed by atoms with Crippen molar-refractivity contribution in [1.82, 2.24) is 19.7 Å². The van der Waals surface area contributed by atoms with E-state index in [1.807, 2.05) is 17.1 Å². The molecule has 6 nitrogen and oxygen atoms in total. The fraction of sp³-hybridized carbons (Fsp3) is 0.364. The van der Waals surface area contributed by atoms with E-state index in [1.165, 1.54) is 12.1 Å². The van der Waals surface area contributed by atoms with Crippen LogP contribution < -0.4 is 10.5 Å². The number of piperidine rings is 1. The van der Waals surface area contributed by atoms with Gasteiger partial charge < -0.3 is 15.4 Å². The molecule has 1 aromatic carbocycles. The predicted molar refractivity (Wildman–Crippen MR) is 121 cm³/mol. The van der Waals surface area contributed by atoms with E-state index in [0.717, 1.165) is 37.1 Å². The van der Waals surface area contributed by atoms with Crippen molar-refractivity contribution >= 4 is 29.0 Å². The van der Waals surface area contributed by atoms with Crippen LogP contribution in [-0.2, 0) is 0 Å². The summed E-state index contributed by atoms with van der Waals surface area (Å²) in [4.78, 5) is 6.59. The molecule has 2 N–H and O–H groups in total. The van der Waals surface area contributed by atoms with Crippen molar-refractivity contribution in [3.05, 3.63) is 58.2 Å². The van der Waals surface area contributed by atoms with E-state index in [2.05, 4.69) is 22.0 Å². The molecule has 0 saturated carbocycles. The van der Waals surface area contributed by atoms with E-state index in [-0.39, 0.29) is 10.8 Å². The number of anilines is 1. The van der Waals surface area contributed by atoms with Gasteiger partial charge in [0.2, 0.25) is 0 Å². The molecular formula is C22H24Cl2FN5O. The number of halogens is 3. The number of nitrogens with zero attached hydrogens (tertiary/aromatic N) is 4. The smallest absolute Gasteiger partial charge is 0.166 e. The third-order valence-corrected chi connectivity index (χ3v) is 6.38. The molecule has 9 heteroatoms. The SMILES string of the molecule is C[C@@H](Oc1cc(-c2cnn(C3CCN(C)CC3)c2)cnc1N)c1c(Cl)ccc(F)c1Cl. The molecule has 0 unspecified atom stereocenters. The van der Waals surface area contributed by atoms with Crippen LogP contribution in [0.1, 0.15) is 37.5 Å². The van der Waals surface area contributed by atoms with Gasteiger partial charge in [-0.3, -0.25) is 4.68 Å². The van der Waals surface area contributed by atoms with E-state index < -0.39 is 11.9 Å². The number of nitrogen functional groups attached to an aromatic ring is 1. The molecule has 1 aliphatic rings. The Morgan fingerprint density at radius 2 is 1.94 bits per heavy atom. The number of nitrogens with two attached hydrogens (primary N) is 1. The minimum absolute atomic E-state index is 0.0675. The van der Waals surface area contributed by atoms with Gasteiger partial charge in [0.15, 0.2) is 11.6 Å². The Morgan fingerprint density at radius 3 is 2.68 bits per heavy atom. The molecule has 2 aromatic heterocycles. The first-order chi connectivity index (χ1) is 14.8. The van der Waals surface area contributed by atoms with Crippen LogP contribution in [0.25, 0.3) is 11.1 Å². The summed E-state index contributed by atoms with van der Waals surface area (Å²) in [6, 6.07) is 4.86. The summed E-state index contributed by atoms with van der Waals surface area (Å²) in [5.41, 5.74) is 8.15. The van der Waals surface area contributed by atoms with E-state index in [4.69, 9.17) is 33.7 Å². The Bertz CT molecular complexity index is 1080. The van der Waals surface area contributed by atoms with Gasteiger partial charge in [-0.15, -0.1) is 0 Å². The molecular weight excluding hydrogens is 440 g/mol. The largest absolute Gasteiger partial charge is 0.482 e. The van der Waals surface area contributed by atoms with Gasteiger partial charge >= 0.3 is 0 Å². The van der Waals surface area contributed by atoms with Crippen LogP contribution >= 0.6 is 23.2 Å². The van der Waals surface area contributed by atoms with Gasteiger partial charge in [-0.2, -0.15) is 5.10 Å². The number of benzene rings is 1. The van der Waals surface area contributed by atoms with Crippen LogP contribution in [0.15, 0.2) is 36.8 Å². The van der Waals surface area contributed by atoms with E-state index in [9.17, 15) is 4.39 Å². The lowest BCUT2D eigenvalue weighted by molar-refractivity contribution is 0.212. The van der Waals surface area contributed by atoms with Crippen molar-refractivity contribution in [2.75, 3.05) is 25.9 Å². The summed E-state index contributed by atoms with van der Waals surface area (Å²) < 4.78 is 21.9. The first kappa shape index (κ1) is 21.9. The fourth-order valence-electron chi connectivity index (χ4n) is 3.82. The van der Waals surface area contributed by atoms with Gasteiger partial charge in [-0.25, -0.2) is 9.37 Å². The third kappa shape index (κ3) is 4.63. The normalized spacial score (nSPS) is 16.4. The summed E-state index contributed by atoms with van der Waals surface area (Å²) in [5, 5.41) is 4.81. The number of ether oxygens (including phenoxy) is 1. The van der Waals surface area contributed by atoms with Crippen LogP contribution in [0.3, 0.4) is 0 Å². The van der Waals surface area contributed by atoms with Crippen molar-refractivity contribution < 1.29 is 9.13 Å². The summed E-state index contributed by atoms with van der Waals surface area (Å²) in [5.74, 6) is 0.0353. The molecule has 3 heterocycles. The van der Waals surface area contributed by atoms with Gasteiger partial charge in [0.1, 0.15) is 11.9 Å². The Labute approximate surface area is 190 Å². The number of pyridine rings is 1. The molecule has 1 aliphatic heterocycles. The Balaban J connectivity index is 1.56. The van der Waals surface area contributed by atoms with Crippen LogP contribution in [-0.4, -0.2) is 39.8 Å². The molecule has 0 aliphatic carbocycles. The highest BCUT2D eigenvalue weighted by atomic mass is 35.5. The molecule has 3 aromatic rings. The molecule has 4 rings (SSSR count). The summed E-state index contributed by atoms with van der Waals surface area (Å²) in [6.45, 7) is 3.85. The number of hydrogen-bond donors (Lipinski definition) is 1. The molecule has 1 saturated heterocycles. The van der Waals surface area contributed by atoms with E-state index in [1.54, 1.807) is 19.2 Å². The molecule has 0 bridgehead atoms. The topological polar surface area (TPSA) is 69.2 Å². The van der Waals surface area contributed by atoms with Crippen LogP contribution in [0, 0.1) is 5.82 Å². The molecule has 0 amide bonds. The second kappa shape index (κ2) is 9.02. The fourth-order valence-corrected chi connectivity index (χ4v) is 4.50. The Hall–Kier alpha value is -2.35. The Kier molecular flexibility index (Phi) is 6.36. The first-order valence-corrected chi connectivity index (χ1v) is 10.9. The van der Waals surface area contributed by atoms with Crippen molar-refractivity contribution in [2.24, 2.45) is 0 Å². The average molecular weight is 464 g/mol. The van der Waals surface area contributed by atoms with Crippen molar-refractivity contribution in [1.29, 1.82) is 0 Å². The lowest BCUT2D eigenvalue weighted by Gasteiger charge is -2.28. The van der Waals surface area contributed by atoms with Crippen LogP contribution in [0.4, 0.5) is 10.2 Å². The molecule has 31 heavy (non-hydrogen) atoms. The molecule has 1 atom stereocenters. The maximum atomic E-state index is 13.9. The number of aromatic nitrogens is 3. The number of rotatable bonds is 5. The highest BCUT2D eigenvalue weighted by Gasteiger charge is 2.21. The second-order valence-corrected chi connectivity index (χ2v) is 8.65.